The Morgan fingerprint density at radius 1 is 0.818 bits per heavy atom. The number of hydrogen-bond donors (Lipinski definition) is 1. The molecule has 3 aromatic rings. The maximum Gasteiger partial charge on any atom is 0.198 e. The van der Waals surface area contributed by atoms with E-state index in [1.807, 2.05) is 6.07 Å². The standard InChI is InChI=1S/C17H19N5/c1-9-6-15(18-16(7-9)17-19-21-22-20-17)14-8-10(2)11(3)12(4)13(14)5/h6-8H,1-5H3,(H,19,20,21,22). The van der Waals surface area contributed by atoms with Crippen molar-refractivity contribution in [3.63, 3.8) is 0 Å². The van der Waals surface area contributed by atoms with Gasteiger partial charge >= 0.3 is 0 Å². The molecule has 0 fully saturated rings. The minimum Gasteiger partial charge on any atom is -0.244 e. The molecule has 0 atom stereocenters. The Labute approximate surface area is 129 Å². The van der Waals surface area contributed by atoms with Crippen molar-refractivity contribution in [2.45, 2.75) is 34.6 Å². The first kappa shape index (κ1) is 14.4. The van der Waals surface area contributed by atoms with Crippen LogP contribution in [-0.2, 0) is 0 Å². The van der Waals surface area contributed by atoms with Crippen molar-refractivity contribution >= 4 is 0 Å². The highest BCUT2D eigenvalue weighted by Crippen LogP contribution is 2.30. The molecule has 1 aromatic carbocycles. The number of benzene rings is 1. The Hall–Kier alpha value is -2.56. The van der Waals surface area contributed by atoms with E-state index in [-0.39, 0.29) is 0 Å². The monoisotopic (exact) mass is 293 g/mol. The quantitative estimate of drug-likeness (QED) is 0.785. The molecule has 0 radical (unpaired) electrons. The molecule has 0 spiro atoms. The Balaban J connectivity index is 2.21. The molecule has 0 aliphatic heterocycles. The smallest absolute Gasteiger partial charge is 0.198 e. The van der Waals surface area contributed by atoms with Gasteiger partial charge in [-0.25, -0.2) is 10.1 Å². The summed E-state index contributed by atoms with van der Waals surface area (Å²) in [5, 5.41) is 14.0. The Morgan fingerprint density at radius 2 is 1.55 bits per heavy atom. The van der Waals surface area contributed by atoms with Crippen LogP contribution in [0.5, 0.6) is 0 Å². The van der Waals surface area contributed by atoms with Gasteiger partial charge in [-0.1, -0.05) is 0 Å². The van der Waals surface area contributed by atoms with E-state index in [9.17, 15) is 0 Å². The zero-order chi connectivity index (χ0) is 15.9. The number of aryl methyl sites for hydroxylation is 2. The Bertz CT molecular complexity index is 835. The molecule has 3 rings (SSSR count). The molecule has 2 heterocycles. The summed E-state index contributed by atoms with van der Waals surface area (Å²) in [6.45, 7) is 10.7. The van der Waals surface area contributed by atoms with Gasteiger partial charge < -0.3 is 0 Å². The van der Waals surface area contributed by atoms with Gasteiger partial charge in [-0.2, -0.15) is 0 Å². The van der Waals surface area contributed by atoms with Gasteiger partial charge in [-0.05, 0) is 91.1 Å². The van der Waals surface area contributed by atoms with Gasteiger partial charge in [0.15, 0.2) is 5.82 Å². The molecule has 0 aliphatic carbocycles. The lowest BCUT2D eigenvalue weighted by atomic mass is 9.92. The molecule has 0 saturated heterocycles. The third-order valence-corrected chi connectivity index (χ3v) is 4.31. The highest BCUT2D eigenvalue weighted by molar-refractivity contribution is 5.70. The third-order valence-electron chi connectivity index (χ3n) is 4.31. The summed E-state index contributed by atoms with van der Waals surface area (Å²) >= 11 is 0. The molecule has 0 amide bonds. The highest BCUT2D eigenvalue weighted by Gasteiger charge is 2.13. The van der Waals surface area contributed by atoms with Gasteiger partial charge in [0, 0.05) is 5.56 Å². The average Bonchev–Trinajstić information content (AvgIpc) is 3.02. The van der Waals surface area contributed by atoms with Crippen molar-refractivity contribution in [3.8, 4) is 22.8 Å². The van der Waals surface area contributed by atoms with E-state index in [0.29, 0.717) is 5.82 Å². The summed E-state index contributed by atoms with van der Waals surface area (Å²) < 4.78 is 0. The van der Waals surface area contributed by atoms with Crippen LogP contribution in [0.25, 0.3) is 22.8 Å². The molecule has 2 aromatic heterocycles. The average molecular weight is 293 g/mol. The van der Waals surface area contributed by atoms with Crippen LogP contribution >= 0.6 is 0 Å². The van der Waals surface area contributed by atoms with Crippen LogP contribution in [-0.4, -0.2) is 25.6 Å². The second-order valence-electron chi connectivity index (χ2n) is 5.78. The molecule has 1 N–H and O–H groups in total. The lowest BCUT2D eigenvalue weighted by Gasteiger charge is -2.15. The molecule has 22 heavy (non-hydrogen) atoms. The SMILES string of the molecule is Cc1cc(-c2nnn[nH]2)nc(-c2cc(C)c(C)c(C)c2C)c1. The summed E-state index contributed by atoms with van der Waals surface area (Å²) in [7, 11) is 0. The first-order valence-electron chi connectivity index (χ1n) is 7.28. The number of hydrogen-bond acceptors (Lipinski definition) is 4. The van der Waals surface area contributed by atoms with Crippen molar-refractivity contribution in [1.29, 1.82) is 0 Å². The third kappa shape index (κ3) is 2.39. The van der Waals surface area contributed by atoms with Crippen molar-refractivity contribution in [2.75, 3.05) is 0 Å². The largest absolute Gasteiger partial charge is 0.244 e. The van der Waals surface area contributed by atoms with Gasteiger partial charge in [0.1, 0.15) is 5.69 Å². The summed E-state index contributed by atoms with van der Waals surface area (Å²) in [4.78, 5) is 4.75. The Kier molecular flexibility index (Phi) is 3.48. The van der Waals surface area contributed by atoms with E-state index in [1.54, 1.807) is 0 Å². The zero-order valence-electron chi connectivity index (χ0n) is 13.5. The van der Waals surface area contributed by atoms with Crippen LogP contribution in [0.4, 0.5) is 0 Å². The van der Waals surface area contributed by atoms with E-state index in [4.69, 9.17) is 4.98 Å². The summed E-state index contributed by atoms with van der Waals surface area (Å²) in [6.07, 6.45) is 0. The molecule has 5 heteroatoms. The maximum absolute atomic E-state index is 4.75. The van der Waals surface area contributed by atoms with E-state index in [1.165, 1.54) is 22.3 Å². The predicted molar refractivity (Wildman–Crippen MR) is 86.5 cm³/mol. The van der Waals surface area contributed by atoms with Gasteiger partial charge in [-0.15, -0.1) is 5.10 Å². The van der Waals surface area contributed by atoms with Gasteiger partial charge in [0.25, 0.3) is 0 Å². The highest BCUT2D eigenvalue weighted by atomic mass is 15.5. The van der Waals surface area contributed by atoms with Crippen molar-refractivity contribution in [2.24, 2.45) is 0 Å². The first-order valence-corrected chi connectivity index (χ1v) is 7.28. The number of pyridine rings is 1. The number of rotatable bonds is 2. The summed E-state index contributed by atoms with van der Waals surface area (Å²) in [5.74, 6) is 0.586. The van der Waals surface area contributed by atoms with Crippen molar-refractivity contribution in [3.05, 3.63) is 46.0 Å². The first-order chi connectivity index (χ1) is 10.5. The lowest BCUT2D eigenvalue weighted by molar-refractivity contribution is 0.881. The van der Waals surface area contributed by atoms with Crippen LogP contribution in [0.15, 0.2) is 18.2 Å². The van der Waals surface area contributed by atoms with Gasteiger partial charge in [0.2, 0.25) is 0 Å². The van der Waals surface area contributed by atoms with Crippen LogP contribution in [0.3, 0.4) is 0 Å². The number of nitrogens with one attached hydrogen (secondary N) is 1. The molecule has 0 saturated carbocycles. The minimum absolute atomic E-state index is 0.586. The molecular formula is C17H19N5. The van der Waals surface area contributed by atoms with Crippen molar-refractivity contribution in [1.82, 2.24) is 25.6 Å². The van der Waals surface area contributed by atoms with Crippen LogP contribution in [0.1, 0.15) is 27.8 Å². The van der Waals surface area contributed by atoms with E-state index >= 15 is 0 Å². The van der Waals surface area contributed by atoms with E-state index in [2.05, 4.69) is 67.4 Å². The molecule has 0 aliphatic rings. The molecular weight excluding hydrogens is 274 g/mol. The maximum atomic E-state index is 4.75. The summed E-state index contributed by atoms with van der Waals surface area (Å²) in [6, 6.07) is 6.29. The molecule has 5 nitrogen and oxygen atoms in total. The number of H-pyrrole nitrogens is 1. The zero-order valence-corrected chi connectivity index (χ0v) is 13.5. The number of aromatic amines is 1. The second-order valence-corrected chi connectivity index (χ2v) is 5.78. The predicted octanol–water partition coefficient (Wildman–Crippen LogP) is 3.47. The Morgan fingerprint density at radius 3 is 2.23 bits per heavy atom. The van der Waals surface area contributed by atoms with E-state index in [0.717, 1.165) is 22.5 Å². The summed E-state index contributed by atoms with van der Waals surface area (Å²) in [5.41, 5.74) is 9.22. The van der Waals surface area contributed by atoms with Crippen LogP contribution in [0, 0.1) is 34.6 Å². The number of nitrogens with zero attached hydrogens (tertiary/aromatic N) is 4. The molecule has 0 unspecified atom stereocenters. The van der Waals surface area contributed by atoms with Crippen LogP contribution < -0.4 is 0 Å². The normalized spacial score (nSPS) is 11.0. The van der Waals surface area contributed by atoms with Crippen molar-refractivity contribution < 1.29 is 0 Å². The minimum atomic E-state index is 0.586. The fourth-order valence-corrected chi connectivity index (χ4v) is 2.67. The topological polar surface area (TPSA) is 67.3 Å². The number of aromatic nitrogens is 5. The van der Waals surface area contributed by atoms with E-state index < -0.39 is 0 Å². The second kappa shape index (κ2) is 5.33. The number of tetrazole rings is 1. The van der Waals surface area contributed by atoms with Gasteiger partial charge in [0.05, 0.1) is 5.69 Å². The lowest BCUT2D eigenvalue weighted by Crippen LogP contribution is -1.98. The molecule has 112 valence electrons. The fraction of sp³-hybridized carbons (Fsp3) is 0.294. The molecule has 0 bridgehead atoms. The fourth-order valence-electron chi connectivity index (χ4n) is 2.67. The van der Waals surface area contributed by atoms with Crippen LogP contribution in [0.2, 0.25) is 0 Å². The van der Waals surface area contributed by atoms with Gasteiger partial charge in [-0.3, -0.25) is 0 Å².